The topological polar surface area (TPSA) is 63.5 Å². The summed E-state index contributed by atoms with van der Waals surface area (Å²) in [5.74, 6) is 3.36. The number of guanidine groups is 1. The van der Waals surface area contributed by atoms with E-state index < -0.39 is 0 Å². The standard InChI is InChI=1S/C20H29N5O.HI/c1-4-21-20(24-13-19-22-9-10-25(19)14-15(2)3)23-12-17-11-16-7-5-6-8-18(16)26-17;/h5-10,15,17H,4,11-14H2,1-3H3,(H2,21,23,24);1H. The summed E-state index contributed by atoms with van der Waals surface area (Å²) in [5.41, 5.74) is 1.27. The summed E-state index contributed by atoms with van der Waals surface area (Å²) in [6.45, 7) is 9.54. The van der Waals surface area contributed by atoms with Crippen LogP contribution in [-0.4, -0.2) is 34.7 Å². The van der Waals surface area contributed by atoms with Crippen LogP contribution in [0.4, 0.5) is 0 Å². The van der Waals surface area contributed by atoms with Crippen molar-refractivity contribution in [2.24, 2.45) is 10.9 Å². The first-order valence-electron chi connectivity index (χ1n) is 9.42. The molecule has 0 saturated carbocycles. The van der Waals surface area contributed by atoms with E-state index in [9.17, 15) is 0 Å². The molecule has 148 valence electrons. The van der Waals surface area contributed by atoms with Gasteiger partial charge in [-0.3, -0.25) is 0 Å². The van der Waals surface area contributed by atoms with Crippen LogP contribution in [0.25, 0.3) is 0 Å². The first-order valence-corrected chi connectivity index (χ1v) is 9.42. The molecule has 27 heavy (non-hydrogen) atoms. The van der Waals surface area contributed by atoms with E-state index in [1.807, 2.05) is 24.5 Å². The van der Waals surface area contributed by atoms with Crippen LogP contribution < -0.4 is 15.4 Å². The molecule has 6 nitrogen and oxygen atoms in total. The van der Waals surface area contributed by atoms with E-state index in [0.29, 0.717) is 12.5 Å². The fraction of sp³-hybridized carbons (Fsp3) is 0.500. The molecule has 1 atom stereocenters. The Kier molecular flexibility index (Phi) is 8.40. The molecule has 0 amide bonds. The van der Waals surface area contributed by atoms with Gasteiger partial charge in [-0.05, 0) is 24.5 Å². The number of para-hydroxylation sites is 1. The van der Waals surface area contributed by atoms with Crippen LogP contribution in [0, 0.1) is 5.92 Å². The van der Waals surface area contributed by atoms with E-state index in [0.717, 1.165) is 43.6 Å². The monoisotopic (exact) mass is 483 g/mol. The van der Waals surface area contributed by atoms with Crippen LogP contribution in [0.2, 0.25) is 0 Å². The second kappa shape index (κ2) is 10.5. The fourth-order valence-electron chi connectivity index (χ4n) is 3.12. The predicted octanol–water partition coefficient (Wildman–Crippen LogP) is 3.22. The van der Waals surface area contributed by atoms with Gasteiger partial charge in [-0.1, -0.05) is 32.0 Å². The summed E-state index contributed by atoms with van der Waals surface area (Å²) in [6, 6.07) is 8.23. The quantitative estimate of drug-likeness (QED) is 0.361. The number of aromatic nitrogens is 2. The molecule has 1 aliphatic heterocycles. The summed E-state index contributed by atoms with van der Waals surface area (Å²) in [4.78, 5) is 9.13. The minimum Gasteiger partial charge on any atom is -0.488 e. The molecule has 0 saturated heterocycles. The van der Waals surface area contributed by atoms with Gasteiger partial charge < -0.3 is 19.9 Å². The van der Waals surface area contributed by atoms with Crippen LogP contribution in [0.1, 0.15) is 32.2 Å². The van der Waals surface area contributed by atoms with Crippen molar-refractivity contribution in [3.63, 3.8) is 0 Å². The third kappa shape index (κ3) is 6.12. The molecule has 3 rings (SSSR count). The van der Waals surface area contributed by atoms with Crippen molar-refractivity contribution in [1.82, 2.24) is 20.2 Å². The molecule has 0 radical (unpaired) electrons. The van der Waals surface area contributed by atoms with Gasteiger partial charge in [0.2, 0.25) is 0 Å². The number of ether oxygens (including phenoxy) is 1. The van der Waals surface area contributed by atoms with Gasteiger partial charge in [0.05, 0.1) is 6.54 Å². The highest BCUT2D eigenvalue weighted by Crippen LogP contribution is 2.27. The molecule has 1 aromatic carbocycles. The maximum absolute atomic E-state index is 5.99. The maximum Gasteiger partial charge on any atom is 0.191 e. The summed E-state index contributed by atoms with van der Waals surface area (Å²) in [6.07, 6.45) is 4.94. The molecule has 1 aliphatic rings. The average molecular weight is 483 g/mol. The van der Waals surface area contributed by atoms with Gasteiger partial charge in [0.25, 0.3) is 0 Å². The number of imidazole rings is 1. The van der Waals surface area contributed by atoms with Gasteiger partial charge in [0.1, 0.15) is 24.2 Å². The Morgan fingerprint density at radius 3 is 2.89 bits per heavy atom. The van der Waals surface area contributed by atoms with E-state index in [4.69, 9.17) is 4.74 Å². The van der Waals surface area contributed by atoms with E-state index in [1.54, 1.807) is 0 Å². The maximum atomic E-state index is 5.99. The Balaban J connectivity index is 0.00000261. The number of rotatable bonds is 7. The zero-order valence-electron chi connectivity index (χ0n) is 16.3. The number of nitrogens with zero attached hydrogens (tertiary/aromatic N) is 3. The highest BCUT2D eigenvalue weighted by Gasteiger charge is 2.22. The number of nitrogens with one attached hydrogen (secondary N) is 2. The summed E-state index contributed by atoms with van der Waals surface area (Å²) < 4.78 is 8.16. The number of hydrogen-bond donors (Lipinski definition) is 2. The smallest absolute Gasteiger partial charge is 0.191 e. The van der Waals surface area contributed by atoms with Crippen molar-refractivity contribution < 1.29 is 4.74 Å². The largest absolute Gasteiger partial charge is 0.488 e. The van der Waals surface area contributed by atoms with Crippen LogP contribution in [0.15, 0.2) is 41.7 Å². The molecule has 2 heterocycles. The SMILES string of the molecule is CCNC(=NCc1nccn1CC(C)C)NCC1Cc2ccccc2O1.I. The number of hydrogen-bond acceptors (Lipinski definition) is 3. The van der Waals surface area contributed by atoms with Gasteiger partial charge in [-0.25, -0.2) is 9.98 Å². The Bertz CT molecular complexity index is 718. The molecule has 7 heteroatoms. The zero-order chi connectivity index (χ0) is 18.4. The first kappa shape index (κ1) is 21.5. The van der Waals surface area contributed by atoms with E-state index in [1.165, 1.54) is 5.56 Å². The van der Waals surface area contributed by atoms with Gasteiger partial charge in [-0.2, -0.15) is 0 Å². The van der Waals surface area contributed by atoms with Crippen molar-refractivity contribution in [1.29, 1.82) is 0 Å². The Morgan fingerprint density at radius 1 is 1.33 bits per heavy atom. The fourth-order valence-corrected chi connectivity index (χ4v) is 3.12. The lowest BCUT2D eigenvalue weighted by molar-refractivity contribution is 0.235. The van der Waals surface area contributed by atoms with E-state index in [2.05, 4.69) is 58.1 Å². The van der Waals surface area contributed by atoms with Crippen molar-refractivity contribution in [2.45, 2.75) is 46.4 Å². The number of benzene rings is 1. The predicted molar refractivity (Wildman–Crippen MR) is 120 cm³/mol. The summed E-state index contributed by atoms with van der Waals surface area (Å²) in [5, 5.41) is 6.69. The molecule has 0 aliphatic carbocycles. The Hall–Kier alpha value is -1.77. The third-order valence-electron chi connectivity index (χ3n) is 4.30. The number of halogens is 1. The van der Waals surface area contributed by atoms with Crippen LogP contribution >= 0.6 is 24.0 Å². The van der Waals surface area contributed by atoms with Gasteiger partial charge in [-0.15, -0.1) is 24.0 Å². The minimum atomic E-state index is 0. The van der Waals surface area contributed by atoms with Gasteiger partial charge >= 0.3 is 0 Å². The van der Waals surface area contributed by atoms with Crippen LogP contribution in [-0.2, 0) is 19.5 Å². The molecule has 1 aromatic heterocycles. The second-order valence-corrected chi connectivity index (χ2v) is 7.02. The van der Waals surface area contributed by atoms with E-state index >= 15 is 0 Å². The molecule has 0 fully saturated rings. The highest BCUT2D eigenvalue weighted by molar-refractivity contribution is 14.0. The number of fused-ring (bicyclic) bond motifs is 1. The van der Waals surface area contributed by atoms with Gasteiger partial charge in [0, 0.05) is 31.9 Å². The van der Waals surface area contributed by atoms with Crippen molar-refractivity contribution in [3.8, 4) is 5.75 Å². The molecule has 2 aromatic rings. The summed E-state index contributed by atoms with van der Waals surface area (Å²) in [7, 11) is 0. The third-order valence-corrected chi connectivity index (χ3v) is 4.30. The first-order chi connectivity index (χ1) is 12.7. The lowest BCUT2D eigenvalue weighted by atomic mass is 10.1. The lowest BCUT2D eigenvalue weighted by Gasteiger charge is -2.15. The number of aliphatic imine (C=N–C) groups is 1. The van der Waals surface area contributed by atoms with Gasteiger partial charge in [0.15, 0.2) is 5.96 Å². The second-order valence-electron chi connectivity index (χ2n) is 7.02. The van der Waals surface area contributed by atoms with Crippen molar-refractivity contribution in [3.05, 3.63) is 48.0 Å². The van der Waals surface area contributed by atoms with Crippen LogP contribution in [0.5, 0.6) is 5.75 Å². The van der Waals surface area contributed by atoms with E-state index in [-0.39, 0.29) is 30.1 Å². The molecule has 2 N–H and O–H groups in total. The van der Waals surface area contributed by atoms with Crippen molar-refractivity contribution >= 4 is 29.9 Å². The average Bonchev–Trinajstić information content (AvgIpc) is 3.23. The molecular formula is C20H30IN5O. The lowest BCUT2D eigenvalue weighted by Crippen LogP contribution is -2.42. The Labute approximate surface area is 178 Å². The Morgan fingerprint density at radius 2 is 2.15 bits per heavy atom. The molecule has 0 spiro atoms. The normalized spacial score (nSPS) is 15.9. The molecular weight excluding hydrogens is 453 g/mol. The summed E-state index contributed by atoms with van der Waals surface area (Å²) >= 11 is 0. The molecule has 1 unspecified atom stereocenters. The molecule has 0 bridgehead atoms. The van der Waals surface area contributed by atoms with Crippen molar-refractivity contribution in [2.75, 3.05) is 13.1 Å². The zero-order valence-corrected chi connectivity index (χ0v) is 18.6. The highest BCUT2D eigenvalue weighted by atomic mass is 127. The van der Waals surface area contributed by atoms with Crippen LogP contribution in [0.3, 0.4) is 0 Å². The minimum absolute atomic E-state index is 0.